The van der Waals surface area contributed by atoms with Gasteiger partial charge in [-0.1, -0.05) is 29.8 Å². The van der Waals surface area contributed by atoms with Crippen molar-refractivity contribution in [2.45, 2.75) is 13.5 Å². The van der Waals surface area contributed by atoms with Crippen LogP contribution >= 0.6 is 11.3 Å². The van der Waals surface area contributed by atoms with Crippen molar-refractivity contribution in [2.24, 2.45) is 5.10 Å². The first-order valence-electron chi connectivity index (χ1n) is 10.1. The molecule has 2 aromatic carbocycles. The third-order valence-electron chi connectivity index (χ3n) is 5.07. The van der Waals surface area contributed by atoms with Gasteiger partial charge >= 0.3 is 0 Å². The minimum atomic E-state index is -0.450. The van der Waals surface area contributed by atoms with Crippen LogP contribution in [-0.4, -0.2) is 35.9 Å². The van der Waals surface area contributed by atoms with E-state index in [1.165, 1.54) is 35.6 Å². The van der Waals surface area contributed by atoms with Crippen LogP contribution in [0.4, 0.5) is 0 Å². The molecule has 2 aromatic heterocycles. The lowest BCUT2D eigenvalue weighted by Crippen LogP contribution is -2.30. The number of fused-ring (bicyclic) bond motifs is 1. The van der Waals surface area contributed by atoms with E-state index in [-0.39, 0.29) is 12.1 Å². The van der Waals surface area contributed by atoms with Gasteiger partial charge in [0.25, 0.3) is 11.5 Å². The number of hydrogen-bond acceptors (Lipinski definition) is 7. The van der Waals surface area contributed by atoms with Gasteiger partial charge < -0.3 is 9.47 Å². The molecule has 0 saturated carbocycles. The number of hydrazone groups is 1. The molecule has 0 fully saturated rings. The summed E-state index contributed by atoms with van der Waals surface area (Å²) < 4.78 is 11.8. The molecule has 168 valence electrons. The highest BCUT2D eigenvalue weighted by molar-refractivity contribution is 7.17. The van der Waals surface area contributed by atoms with Crippen LogP contribution in [0.2, 0.25) is 0 Å². The first kappa shape index (κ1) is 22.2. The second kappa shape index (κ2) is 9.66. The van der Waals surface area contributed by atoms with Gasteiger partial charge in [0.1, 0.15) is 22.9 Å². The van der Waals surface area contributed by atoms with E-state index >= 15 is 0 Å². The van der Waals surface area contributed by atoms with Gasteiger partial charge in [0.05, 0.1) is 32.1 Å². The molecule has 8 nitrogen and oxygen atoms in total. The molecule has 1 amide bonds. The number of nitrogens with zero attached hydrogens (tertiary/aromatic N) is 3. The van der Waals surface area contributed by atoms with E-state index in [2.05, 4.69) is 15.5 Å². The minimum absolute atomic E-state index is 0.206. The fraction of sp³-hybridized carbons (Fsp3) is 0.167. The molecule has 0 bridgehead atoms. The molecule has 0 unspecified atom stereocenters. The van der Waals surface area contributed by atoms with Crippen LogP contribution in [0.1, 0.15) is 11.1 Å². The van der Waals surface area contributed by atoms with Gasteiger partial charge in [-0.05, 0) is 24.6 Å². The van der Waals surface area contributed by atoms with Crippen molar-refractivity contribution < 1.29 is 14.3 Å². The number of benzene rings is 2. The molecule has 4 rings (SSSR count). The molecular formula is C24H22N4O4S. The highest BCUT2D eigenvalue weighted by Crippen LogP contribution is 2.30. The molecule has 2 heterocycles. The number of carbonyl (C=O) groups excluding carboxylic acids is 1. The summed E-state index contributed by atoms with van der Waals surface area (Å²) >= 11 is 1.40. The SMILES string of the molecule is COc1ccc(C=NNC(=O)Cn2cnc3scc(-c4ccc(C)cc4)c3c2=O)c(OC)c1. The summed E-state index contributed by atoms with van der Waals surface area (Å²) in [6, 6.07) is 13.2. The van der Waals surface area contributed by atoms with Crippen molar-refractivity contribution in [1.29, 1.82) is 0 Å². The lowest BCUT2D eigenvalue weighted by molar-refractivity contribution is -0.121. The van der Waals surface area contributed by atoms with E-state index in [0.29, 0.717) is 27.3 Å². The number of rotatable bonds is 7. The maximum Gasteiger partial charge on any atom is 0.263 e. The number of hydrogen-bond donors (Lipinski definition) is 1. The summed E-state index contributed by atoms with van der Waals surface area (Å²) in [5.74, 6) is 0.752. The fourth-order valence-electron chi connectivity index (χ4n) is 3.31. The number of carbonyl (C=O) groups is 1. The Labute approximate surface area is 194 Å². The van der Waals surface area contributed by atoms with Gasteiger partial charge in [-0.3, -0.25) is 14.2 Å². The van der Waals surface area contributed by atoms with E-state index < -0.39 is 5.91 Å². The first-order chi connectivity index (χ1) is 16.0. The largest absolute Gasteiger partial charge is 0.497 e. The molecule has 4 aromatic rings. The van der Waals surface area contributed by atoms with E-state index in [4.69, 9.17) is 9.47 Å². The molecule has 9 heteroatoms. The van der Waals surface area contributed by atoms with Crippen LogP contribution < -0.4 is 20.5 Å². The first-order valence-corrected chi connectivity index (χ1v) is 11.0. The molecule has 33 heavy (non-hydrogen) atoms. The quantitative estimate of drug-likeness (QED) is 0.335. The van der Waals surface area contributed by atoms with Crippen LogP contribution in [0.3, 0.4) is 0 Å². The molecule has 0 saturated heterocycles. The molecule has 0 aliphatic carbocycles. The van der Waals surface area contributed by atoms with E-state index in [9.17, 15) is 9.59 Å². The number of aromatic nitrogens is 2. The Hall–Kier alpha value is -3.98. The number of thiophene rings is 1. The van der Waals surface area contributed by atoms with E-state index in [1.807, 2.05) is 36.6 Å². The van der Waals surface area contributed by atoms with Crippen molar-refractivity contribution in [1.82, 2.24) is 15.0 Å². The minimum Gasteiger partial charge on any atom is -0.497 e. The highest BCUT2D eigenvalue weighted by Gasteiger charge is 2.14. The van der Waals surface area contributed by atoms with E-state index in [1.54, 1.807) is 25.3 Å². The Morgan fingerprint density at radius 2 is 1.97 bits per heavy atom. The zero-order valence-electron chi connectivity index (χ0n) is 18.4. The van der Waals surface area contributed by atoms with E-state index in [0.717, 1.165) is 16.7 Å². The van der Waals surface area contributed by atoms with Crippen LogP contribution in [0, 0.1) is 6.92 Å². The smallest absolute Gasteiger partial charge is 0.263 e. The standard InChI is InChI=1S/C24H22N4O4S/c1-15-4-6-16(7-5-15)19-13-33-23-22(19)24(30)28(14-25-23)12-21(29)27-26-11-17-8-9-18(31-2)10-20(17)32-3/h4-11,13-14H,12H2,1-3H3,(H,27,29). The van der Waals surface area contributed by atoms with Crippen LogP contribution in [0.5, 0.6) is 11.5 Å². The lowest BCUT2D eigenvalue weighted by Gasteiger charge is -2.07. The van der Waals surface area contributed by atoms with Gasteiger partial charge in [-0.2, -0.15) is 5.10 Å². The summed E-state index contributed by atoms with van der Waals surface area (Å²) in [5.41, 5.74) is 5.72. The summed E-state index contributed by atoms with van der Waals surface area (Å²) in [6.07, 6.45) is 2.85. The zero-order chi connectivity index (χ0) is 23.4. The van der Waals surface area contributed by atoms with Gasteiger partial charge in [0.2, 0.25) is 0 Å². The molecule has 1 N–H and O–H groups in total. The van der Waals surface area contributed by atoms with Crippen molar-refractivity contribution in [3.05, 3.63) is 75.7 Å². The molecule has 0 aliphatic rings. The lowest BCUT2D eigenvalue weighted by atomic mass is 10.1. The van der Waals surface area contributed by atoms with Crippen LogP contribution in [-0.2, 0) is 11.3 Å². The predicted molar refractivity (Wildman–Crippen MR) is 129 cm³/mol. The molecule has 0 radical (unpaired) electrons. The predicted octanol–water partition coefficient (Wildman–Crippen LogP) is 3.60. The second-order valence-electron chi connectivity index (χ2n) is 7.27. The Kier molecular flexibility index (Phi) is 6.50. The number of aryl methyl sites for hydroxylation is 1. The van der Waals surface area contributed by atoms with Crippen LogP contribution in [0.25, 0.3) is 21.3 Å². The maximum absolute atomic E-state index is 13.1. The number of ether oxygens (including phenoxy) is 2. The second-order valence-corrected chi connectivity index (χ2v) is 8.13. The summed E-state index contributed by atoms with van der Waals surface area (Å²) in [4.78, 5) is 30.5. The normalized spacial score (nSPS) is 11.1. The van der Waals surface area contributed by atoms with Gasteiger partial charge in [0, 0.05) is 22.6 Å². The van der Waals surface area contributed by atoms with Crippen molar-refractivity contribution in [3.63, 3.8) is 0 Å². The van der Waals surface area contributed by atoms with Crippen molar-refractivity contribution in [2.75, 3.05) is 14.2 Å². The topological polar surface area (TPSA) is 94.8 Å². The zero-order valence-corrected chi connectivity index (χ0v) is 19.2. The molecule has 0 spiro atoms. The monoisotopic (exact) mass is 462 g/mol. The number of nitrogens with one attached hydrogen (secondary N) is 1. The average Bonchev–Trinajstić information content (AvgIpc) is 3.26. The maximum atomic E-state index is 13.1. The Balaban J connectivity index is 1.52. The third-order valence-corrected chi connectivity index (χ3v) is 5.96. The van der Waals surface area contributed by atoms with Crippen molar-refractivity contribution >= 4 is 33.7 Å². The van der Waals surface area contributed by atoms with Crippen molar-refractivity contribution in [3.8, 4) is 22.6 Å². The number of amides is 1. The molecule has 0 atom stereocenters. The molecular weight excluding hydrogens is 440 g/mol. The van der Waals surface area contributed by atoms with Crippen LogP contribution in [0.15, 0.2) is 64.1 Å². The number of methoxy groups -OCH3 is 2. The Morgan fingerprint density at radius 3 is 2.70 bits per heavy atom. The third kappa shape index (κ3) is 4.78. The Bertz CT molecular complexity index is 1390. The summed E-state index contributed by atoms with van der Waals surface area (Å²) in [7, 11) is 3.10. The van der Waals surface area contributed by atoms with Gasteiger partial charge in [0.15, 0.2) is 0 Å². The van der Waals surface area contributed by atoms with Gasteiger partial charge in [-0.15, -0.1) is 11.3 Å². The molecule has 0 aliphatic heterocycles. The van der Waals surface area contributed by atoms with Gasteiger partial charge in [-0.25, -0.2) is 10.4 Å². The summed E-state index contributed by atoms with van der Waals surface area (Å²) in [5, 5.41) is 6.40. The Morgan fingerprint density at radius 1 is 1.18 bits per heavy atom. The fourth-order valence-corrected chi connectivity index (χ4v) is 4.22. The summed E-state index contributed by atoms with van der Waals surface area (Å²) in [6.45, 7) is 1.80. The average molecular weight is 463 g/mol. The highest BCUT2D eigenvalue weighted by atomic mass is 32.1.